The second kappa shape index (κ2) is 5.89. The maximum absolute atomic E-state index is 11.3. The molecule has 3 heteroatoms. The molecule has 0 atom stereocenters. The van der Waals surface area contributed by atoms with Crippen LogP contribution in [0.1, 0.15) is 48.0 Å². The summed E-state index contributed by atoms with van der Waals surface area (Å²) in [6.45, 7) is 3.96. The largest absolute Gasteiger partial charge is 0.478 e. The highest BCUT2D eigenvalue weighted by Gasteiger charge is 2.16. The van der Waals surface area contributed by atoms with Gasteiger partial charge in [-0.1, -0.05) is 25.3 Å². The first kappa shape index (κ1) is 12.9. The van der Waals surface area contributed by atoms with Crippen LogP contribution in [0.3, 0.4) is 0 Å². The van der Waals surface area contributed by atoms with Gasteiger partial charge in [-0.25, -0.2) is 4.79 Å². The van der Waals surface area contributed by atoms with Crippen LogP contribution < -0.4 is 4.90 Å². The van der Waals surface area contributed by atoms with Gasteiger partial charge in [0.15, 0.2) is 0 Å². The molecule has 1 aromatic rings. The van der Waals surface area contributed by atoms with Gasteiger partial charge >= 0.3 is 5.97 Å². The minimum absolute atomic E-state index is 0.432. The number of carboxylic acids is 1. The predicted molar refractivity (Wildman–Crippen MR) is 73.4 cm³/mol. The van der Waals surface area contributed by atoms with Crippen LogP contribution in [0.25, 0.3) is 0 Å². The van der Waals surface area contributed by atoms with Crippen LogP contribution in [0.2, 0.25) is 0 Å². The zero-order valence-electron chi connectivity index (χ0n) is 11.0. The molecule has 98 valence electrons. The lowest BCUT2D eigenvalue weighted by molar-refractivity contribution is 0.0697. The number of anilines is 1. The molecule has 1 heterocycles. The highest BCUT2D eigenvalue weighted by atomic mass is 16.4. The SMILES string of the molecule is Cc1ccc(C(=O)O)c(N2CCCCCCC2)c1. The number of aromatic carboxylic acids is 1. The normalized spacial score (nSPS) is 17.1. The van der Waals surface area contributed by atoms with Gasteiger partial charge in [0.2, 0.25) is 0 Å². The van der Waals surface area contributed by atoms with Crippen LogP contribution in [0.4, 0.5) is 5.69 Å². The van der Waals surface area contributed by atoms with Crippen LogP contribution in [-0.2, 0) is 0 Å². The van der Waals surface area contributed by atoms with Gasteiger partial charge in [-0.2, -0.15) is 0 Å². The Bertz CT molecular complexity index is 421. The summed E-state index contributed by atoms with van der Waals surface area (Å²) < 4.78 is 0. The second-order valence-electron chi connectivity index (χ2n) is 5.08. The third-order valence-electron chi connectivity index (χ3n) is 3.58. The van der Waals surface area contributed by atoms with E-state index < -0.39 is 5.97 Å². The average Bonchev–Trinajstić information content (AvgIpc) is 2.27. The van der Waals surface area contributed by atoms with Crippen molar-refractivity contribution in [3.05, 3.63) is 29.3 Å². The molecule has 0 bridgehead atoms. The quantitative estimate of drug-likeness (QED) is 0.870. The van der Waals surface area contributed by atoms with E-state index in [2.05, 4.69) is 4.90 Å². The molecule has 1 aliphatic rings. The third-order valence-corrected chi connectivity index (χ3v) is 3.58. The van der Waals surface area contributed by atoms with E-state index in [-0.39, 0.29) is 0 Å². The maximum atomic E-state index is 11.3. The summed E-state index contributed by atoms with van der Waals surface area (Å²) in [4.78, 5) is 13.5. The molecule has 0 aliphatic carbocycles. The predicted octanol–water partition coefficient (Wildman–Crippen LogP) is 3.46. The summed E-state index contributed by atoms with van der Waals surface area (Å²) in [5.74, 6) is -0.827. The van der Waals surface area contributed by atoms with E-state index in [0.29, 0.717) is 5.56 Å². The Morgan fingerprint density at radius 3 is 2.33 bits per heavy atom. The van der Waals surface area contributed by atoms with Crippen molar-refractivity contribution in [2.75, 3.05) is 18.0 Å². The topological polar surface area (TPSA) is 40.5 Å². The maximum Gasteiger partial charge on any atom is 0.337 e. The zero-order chi connectivity index (χ0) is 13.0. The highest BCUT2D eigenvalue weighted by molar-refractivity contribution is 5.94. The molecule has 0 unspecified atom stereocenters. The highest BCUT2D eigenvalue weighted by Crippen LogP contribution is 2.25. The lowest BCUT2D eigenvalue weighted by Crippen LogP contribution is -2.28. The van der Waals surface area contributed by atoms with Crippen LogP contribution >= 0.6 is 0 Å². The van der Waals surface area contributed by atoms with Crippen molar-refractivity contribution < 1.29 is 9.90 Å². The van der Waals surface area contributed by atoms with Crippen LogP contribution in [-0.4, -0.2) is 24.2 Å². The molecule has 0 spiro atoms. The molecule has 1 saturated heterocycles. The number of benzene rings is 1. The lowest BCUT2D eigenvalue weighted by Gasteiger charge is -2.28. The van der Waals surface area contributed by atoms with Crippen LogP contribution in [0.5, 0.6) is 0 Å². The molecule has 1 aromatic carbocycles. The van der Waals surface area contributed by atoms with E-state index in [1.165, 1.54) is 19.3 Å². The fourth-order valence-electron chi connectivity index (χ4n) is 2.57. The fraction of sp³-hybridized carbons (Fsp3) is 0.533. The van der Waals surface area contributed by atoms with E-state index >= 15 is 0 Å². The minimum Gasteiger partial charge on any atom is -0.478 e. The third kappa shape index (κ3) is 3.03. The molecular formula is C15H21NO2. The van der Waals surface area contributed by atoms with Crippen LogP contribution in [0.15, 0.2) is 18.2 Å². The van der Waals surface area contributed by atoms with Gasteiger partial charge in [0, 0.05) is 13.1 Å². The summed E-state index contributed by atoms with van der Waals surface area (Å²) in [5, 5.41) is 9.29. The molecule has 1 aliphatic heterocycles. The van der Waals surface area contributed by atoms with Gasteiger partial charge in [-0.15, -0.1) is 0 Å². The van der Waals surface area contributed by atoms with E-state index in [1.54, 1.807) is 6.07 Å². The Labute approximate surface area is 108 Å². The van der Waals surface area contributed by atoms with Crippen molar-refractivity contribution in [2.45, 2.75) is 39.0 Å². The van der Waals surface area contributed by atoms with E-state index in [0.717, 1.165) is 37.2 Å². The minimum atomic E-state index is -0.827. The fourth-order valence-corrected chi connectivity index (χ4v) is 2.57. The van der Waals surface area contributed by atoms with Gasteiger partial charge in [-0.3, -0.25) is 0 Å². The number of nitrogens with zero attached hydrogens (tertiary/aromatic N) is 1. The zero-order valence-corrected chi connectivity index (χ0v) is 11.0. The van der Waals surface area contributed by atoms with Crippen LogP contribution in [0, 0.1) is 6.92 Å². The summed E-state index contributed by atoms with van der Waals surface area (Å²) in [5.41, 5.74) is 2.45. The van der Waals surface area contributed by atoms with E-state index in [1.807, 2.05) is 19.1 Å². The van der Waals surface area contributed by atoms with Crippen molar-refractivity contribution in [1.82, 2.24) is 0 Å². The summed E-state index contributed by atoms with van der Waals surface area (Å²) >= 11 is 0. The summed E-state index contributed by atoms with van der Waals surface area (Å²) in [6.07, 6.45) is 6.14. The second-order valence-corrected chi connectivity index (χ2v) is 5.08. The Hall–Kier alpha value is -1.51. The van der Waals surface area contributed by atoms with E-state index in [4.69, 9.17) is 0 Å². The first-order chi connectivity index (χ1) is 8.68. The first-order valence-electron chi connectivity index (χ1n) is 6.77. The number of carbonyl (C=O) groups is 1. The van der Waals surface area contributed by atoms with Crippen molar-refractivity contribution in [3.8, 4) is 0 Å². The molecule has 1 N–H and O–H groups in total. The molecule has 0 aromatic heterocycles. The number of carboxylic acid groups (broad SMARTS) is 1. The van der Waals surface area contributed by atoms with Gasteiger partial charge in [0.25, 0.3) is 0 Å². The summed E-state index contributed by atoms with van der Waals surface area (Å²) in [7, 11) is 0. The Morgan fingerprint density at radius 1 is 1.11 bits per heavy atom. The standard InChI is InChI=1S/C15H21NO2/c1-12-7-8-13(15(17)18)14(11-12)16-9-5-3-2-4-6-10-16/h7-8,11H,2-6,9-10H2,1H3,(H,17,18). The van der Waals surface area contributed by atoms with Crippen molar-refractivity contribution in [3.63, 3.8) is 0 Å². The molecule has 2 rings (SSSR count). The molecule has 0 amide bonds. The smallest absolute Gasteiger partial charge is 0.337 e. The summed E-state index contributed by atoms with van der Waals surface area (Å²) in [6, 6.07) is 5.60. The molecule has 0 radical (unpaired) electrons. The Kier molecular flexibility index (Phi) is 4.24. The number of rotatable bonds is 2. The molecule has 0 saturated carbocycles. The lowest BCUT2D eigenvalue weighted by atomic mass is 10.0. The number of aryl methyl sites for hydroxylation is 1. The van der Waals surface area contributed by atoms with Gasteiger partial charge in [0.1, 0.15) is 0 Å². The Morgan fingerprint density at radius 2 is 1.72 bits per heavy atom. The average molecular weight is 247 g/mol. The van der Waals surface area contributed by atoms with Crippen molar-refractivity contribution >= 4 is 11.7 Å². The van der Waals surface area contributed by atoms with Gasteiger partial charge in [-0.05, 0) is 37.5 Å². The number of hydrogen-bond acceptors (Lipinski definition) is 2. The molecule has 1 fully saturated rings. The first-order valence-corrected chi connectivity index (χ1v) is 6.77. The van der Waals surface area contributed by atoms with Gasteiger partial charge in [0.05, 0.1) is 11.3 Å². The molecular weight excluding hydrogens is 226 g/mol. The molecule has 3 nitrogen and oxygen atoms in total. The molecule has 18 heavy (non-hydrogen) atoms. The van der Waals surface area contributed by atoms with E-state index in [9.17, 15) is 9.90 Å². The van der Waals surface area contributed by atoms with Crippen molar-refractivity contribution in [2.24, 2.45) is 0 Å². The monoisotopic (exact) mass is 247 g/mol. The van der Waals surface area contributed by atoms with Gasteiger partial charge < -0.3 is 10.0 Å². The van der Waals surface area contributed by atoms with Crippen molar-refractivity contribution in [1.29, 1.82) is 0 Å². The number of hydrogen-bond donors (Lipinski definition) is 1. The Balaban J connectivity index is 2.28.